The molecule has 98 valence electrons. The van der Waals surface area contributed by atoms with E-state index in [2.05, 4.69) is 11.2 Å². The van der Waals surface area contributed by atoms with Crippen LogP contribution in [0.2, 0.25) is 0 Å². The van der Waals surface area contributed by atoms with Gasteiger partial charge >= 0.3 is 0 Å². The van der Waals surface area contributed by atoms with Gasteiger partial charge in [-0.2, -0.15) is 10.4 Å². The summed E-state index contributed by atoms with van der Waals surface area (Å²) in [5.74, 6) is 0. The molecule has 0 aliphatic carbocycles. The van der Waals surface area contributed by atoms with Gasteiger partial charge in [0.05, 0.1) is 23.4 Å². The van der Waals surface area contributed by atoms with Crippen LogP contribution >= 0.6 is 0 Å². The zero-order valence-electron chi connectivity index (χ0n) is 11.5. The number of hydrogen-bond acceptors (Lipinski definition) is 4. The Morgan fingerprint density at radius 2 is 2.22 bits per heavy atom. The van der Waals surface area contributed by atoms with Crippen LogP contribution in [0.5, 0.6) is 0 Å². The van der Waals surface area contributed by atoms with E-state index >= 15 is 0 Å². The quantitative estimate of drug-likeness (QED) is 0.794. The summed E-state index contributed by atoms with van der Waals surface area (Å²) in [6, 6.07) is 3.80. The Balaban J connectivity index is 2.82. The maximum Gasteiger partial charge on any atom is 0.268 e. The molecule has 0 amide bonds. The minimum atomic E-state index is -0.431. The predicted molar refractivity (Wildman–Crippen MR) is 71.5 cm³/mol. The van der Waals surface area contributed by atoms with Gasteiger partial charge in [0.2, 0.25) is 0 Å². The molecule has 5 nitrogen and oxygen atoms in total. The summed E-state index contributed by atoms with van der Waals surface area (Å²) in [4.78, 5) is 13.8. The van der Waals surface area contributed by atoms with E-state index in [4.69, 9.17) is 5.26 Å². The van der Waals surface area contributed by atoms with Gasteiger partial charge in [0.15, 0.2) is 0 Å². The highest BCUT2D eigenvalue weighted by Gasteiger charge is 2.17. The summed E-state index contributed by atoms with van der Waals surface area (Å²) < 4.78 is 1.41. The first-order chi connectivity index (χ1) is 8.39. The maximum atomic E-state index is 11.9. The van der Waals surface area contributed by atoms with Crippen LogP contribution in [0.3, 0.4) is 0 Å². The fourth-order valence-electron chi connectivity index (χ4n) is 1.42. The van der Waals surface area contributed by atoms with E-state index in [0.717, 1.165) is 12.2 Å². The summed E-state index contributed by atoms with van der Waals surface area (Å²) in [5.41, 5.74) is 0.264. The van der Waals surface area contributed by atoms with Crippen molar-refractivity contribution in [2.75, 3.05) is 18.5 Å². The van der Waals surface area contributed by atoms with Gasteiger partial charge in [0, 0.05) is 26.2 Å². The third-order valence-electron chi connectivity index (χ3n) is 3.02. The lowest BCUT2D eigenvalue weighted by molar-refractivity contribution is 0.391. The van der Waals surface area contributed by atoms with Gasteiger partial charge in [-0.05, 0) is 27.2 Å². The monoisotopic (exact) mass is 248 g/mol. The van der Waals surface area contributed by atoms with Crippen LogP contribution in [0.25, 0.3) is 0 Å². The zero-order chi connectivity index (χ0) is 13.8. The molecule has 1 rings (SSSR count). The van der Waals surface area contributed by atoms with Crippen LogP contribution in [0.15, 0.2) is 17.1 Å². The standard InChI is InChI=1S/C13H20N4O/c1-5-16(4)11-8-12(18)17(15-9-11)7-6-13(2,3)10-14/h8-9H,5-7H2,1-4H3. The molecule has 0 spiro atoms. The number of hydrogen-bond donors (Lipinski definition) is 0. The molecule has 1 heterocycles. The average Bonchev–Trinajstić information content (AvgIpc) is 2.36. The molecule has 18 heavy (non-hydrogen) atoms. The molecular weight excluding hydrogens is 228 g/mol. The van der Waals surface area contributed by atoms with E-state index in [9.17, 15) is 4.79 Å². The van der Waals surface area contributed by atoms with Crippen LogP contribution < -0.4 is 10.5 Å². The van der Waals surface area contributed by atoms with Gasteiger partial charge in [0.1, 0.15) is 0 Å². The molecule has 0 fully saturated rings. The number of rotatable bonds is 5. The maximum absolute atomic E-state index is 11.9. The van der Waals surface area contributed by atoms with Crippen molar-refractivity contribution in [2.24, 2.45) is 5.41 Å². The zero-order valence-corrected chi connectivity index (χ0v) is 11.5. The number of nitriles is 1. The highest BCUT2D eigenvalue weighted by atomic mass is 16.1. The fraction of sp³-hybridized carbons (Fsp3) is 0.615. The van der Waals surface area contributed by atoms with E-state index in [1.54, 1.807) is 12.3 Å². The fourth-order valence-corrected chi connectivity index (χ4v) is 1.42. The topological polar surface area (TPSA) is 61.9 Å². The number of aryl methyl sites for hydroxylation is 1. The van der Waals surface area contributed by atoms with Crippen molar-refractivity contribution in [3.8, 4) is 6.07 Å². The number of anilines is 1. The van der Waals surface area contributed by atoms with Crippen LogP contribution in [0, 0.1) is 16.7 Å². The van der Waals surface area contributed by atoms with Gasteiger partial charge in [-0.1, -0.05) is 0 Å². The van der Waals surface area contributed by atoms with Crippen LogP contribution in [0.1, 0.15) is 27.2 Å². The van der Waals surface area contributed by atoms with Crippen molar-refractivity contribution in [3.05, 3.63) is 22.6 Å². The lowest BCUT2D eigenvalue weighted by Gasteiger charge is -2.17. The lowest BCUT2D eigenvalue weighted by Crippen LogP contribution is -2.27. The molecular formula is C13H20N4O. The minimum absolute atomic E-state index is 0.124. The summed E-state index contributed by atoms with van der Waals surface area (Å²) in [6.45, 7) is 7.03. The molecule has 0 aliphatic rings. The molecule has 0 saturated heterocycles. The van der Waals surface area contributed by atoms with Crippen LogP contribution in [0.4, 0.5) is 5.69 Å². The third-order valence-corrected chi connectivity index (χ3v) is 3.02. The molecule has 1 aromatic rings. The molecule has 0 saturated carbocycles. The summed E-state index contributed by atoms with van der Waals surface area (Å²) in [7, 11) is 1.92. The molecule has 0 aromatic carbocycles. The van der Waals surface area contributed by atoms with E-state index in [1.165, 1.54) is 4.68 Å². The minimum Gasteiger partial charge on any atom is -0.373 e. The van der Waals surface area contributed by atoms with E-state index in [1.807, 2.05) is 32.7 Å². The molecule has 0 N–H and O–H groups in total. The normalized spacial score (nSPS) is 11.1. The molecule has 0 radical (unpaired) electrons. The van der Waals surface area contributed by atoms with Crippen molar-refractivity contribution in [3.63, 3.8) is 0 Å². The lowest BCUT2D eigenvalue weighted by atomic mass is 9.92. The predicted octanol–water partition coefficient (Wildman–Crippen LogP) is 1.64. The Labute approximate surface area is 108 Å². The average molecular weight is 248 g/mol. The highest BCUT2D eigenvalue weighted by molar-refractivity contribution is 5.41. The van der Waals surface area contributed by atoms with E-state index in [0.29, 0.717) is 13.0 Å². The second kappa shape index (κ2) is 5.67. The smallest absolute Gasteiger partial charge is 0.268 e. The largest absolute Gasteiger partial charge is 0.373 e. The van der Waals surface area contributed by atoms with Crippen molar-refractivity contribution < 1.29 is 0 Å². The molecule has 1 aromatic heterocycles. The van der Waals surface area contributed by atoms with Crippen molar-refractivity contribution >= 4 is 5.69 Å². The van der Waals surface area contributed by atoms with Crippen LogP contribution in [-0.2, 0) is 6.54 Å². The van der Waals surface area contributed by atoms with E-state index < -0.39 is 5.41 Å². The second-order valence-corrected chi connectivity index (χ2v) is 5.04. The summed E-state index contributed by atoms with van der Waals surface area (Å²) >= 11 is 0. The van der Waals surface area contributed by atoms with Gasteiger partial charge < -0.3 is 4.90 Å². The Morgan fingerprint density at radius 1 is 1.56 bits per heavy atom. The SMILES string of the molecule is CCN(C)c1cnn(CCC(C)(C)C#N)c(=O)c1. The molecule has 0 atom stereocenters. The second-order valence-electron chi connectivity index (χ2n) is 5.04. The molecule has 0 bridgehead atoms. The van der Waals surface area contributed by atoms with Crippen molar-refractivity contribution in [1.82, 2.24) is 9.78 Å². The Morgan fingerprint density at radius 3 is 2.72 bits per heavy atom. The molecule has 0 aliphatic heterocycles. The van der Waals surface area contributed by atoms with Crippen LogP contribution in [-0.4, -0.2) is 23.4 Å². The Bertz CT molecular complexity index is 498. The molecule has 0 unspecified atom stereocenters. The third kappa shape index (κ3) is 3.59. The highest BCUT2D eigenvalue weighted by Crippen LogP contribution is 2.18. The van der Waals surface area contributed by atoms with Gasteiger partial charge in [-0.25, -0.2) is 4.68 Å². The first-order valence-corrected chi connectivity index (χ1v) is 6.09. The Hall–Kier alpha value is -1.83. The summed E-state index contributed by atoms with van der Waals surface area (Å²) in [6.07, 6.45) is 2.30. The van der Waals surface area contributed by atoms with E-state index in [-0.39, 0.29) is 5.56 Å². The summed E-state index contributed by atoms with van der Waals surface area (Å²) in [5, 5.41) is 13.1. The first kappa shape index (κ1) is 14.2. The van der Waals surface area contributed by atoms with Crippen molar-refractivity contribution in [2.45, 2.75) is 33.7 Å². The molecule has 5 heteroatoms. The van der Waals surface area contributed by atoms with Gasteiger partial charge in [-0.3, -0.25) is 4.79 Å². The number of aromatic nitrogens is 2. The van der Waals surface area contributed by atoms with Crippen molar-refractivity contribution in [1.29, 1.82) is 5.26 Å². The first-order valence-electron chi connectivity index (χ1n) is 6.09. The Kier molecular flexibility index (Phi) is 4.49. The number of nitrogens with zero attached hydrogens (tertiary/aromatic N) is 4. The van der Waals surface area contributed by atoms with Gasteiger partial charge in [-0.15, -0.1) is 0 Å². The van der Waals surface area contributed by atoms with Gasteiger partial charge in [0.25, 0.3) is 5.56 Å².